The van der Waals surface area contributed by atoms with Gasteiger partial charge in [0, 0.05) is 39.1 Å². The van der Waals surface area contributed by atoms with Crippen LogP contribution in [-0.2, 0) is 23.0 Å². The molecule has 2 aromatic rings. The summed E-state index contributed by atoms with van der Waals surface area (Å²) in [6.45, 7) is 4.31. The molecule has 1 saturated heterocycles. The van der Waals surface area contributed by atoms with E-state index in [1.165, 1.54) is 12.8 Å². The lowest BCUT2D eigenvalue weighted by Crippen LogP contribution is -2.51. The van der Waals surface area contributed by atoms with Gasteiger partial charge in [-0.3, -0.25) is 4.79 Å². The second kappa shape index (κ2) is 7.21. The van der Waals surface area contributed by atoms with Crippen molar-refractivity contribution in [2.45, 2.75) is 32.1 Å². The van der Waals surface area contributed by atoms with Gasteiger partial charge in [0.1, 0.15) is 5.82 Å². The Morgan fingerprint density at radius 1 is 1.15 bits per heavy atom. The Kier molecular flexibility index (Phi) is 4.76. The first-order valence-corrected chi connectivity index (χ1v) is 9.71. The van der Waals surface area contributed by atoms with Crippen molar-refractivity contribution in [2.24, 2.45) is 7.05 Å². The van der Waals surface area contributed by atoms with Crippen LogP contribution in [-0.4, -0.2) is 64.1 Å². The summed E-state index contributed by atoms with van der Waals surface area (Å²) in [5.74, 6) is 1.85. The third-order valence-electron chi connectivity index (χ3n) is 5.44. The molecule has 0 N–H and O–H groups in total. The van der Waals surface area contributed by atoms with Crippen LogP contribution in [0.3, 0.4) is 0 Å². The minimum Gasteiger partial charge on any atom is -0.450 e. The van der Waals surface area contributed by atoms with Gasteiger partial charge >= 0.3 is 6.09 Å². The van der Waals surface area contributed by atoms with E-state index in [4.69, 9.17) is 9.72 Å². The van der Waals surface area contributed by atoms with E-state index in [-0.39, 0.29) is 12.0 Å². The number of piperazine rings is 1. The number of carbonyl (C=O) groups is 2. The summed E-state index contributed by atoms with van der Waals surface area (Å²) in [7, 11) is 2.07. The molecule has 7 nitrogen and oxygen atoms in total. The van der Waals surface area contributed by atoms with E-state index in [0.29, 0.717) is 45.1 Å². The summed E-state index contributed by atoms with van der Waals surface area (Å²) >= 11 is 0. The van der Waals surface area contributed by atoms with E-state index in [2.05, 4.69) is 17.7 Å². The van der Waals surface area contributed by atoms with Crippen molar-refractivity contribution in [2.75, 3.05) is 32.8 Å². The number of carbonyl (C=O) groups excluding carboxylic acids is 2. The summed E-state index contributed by atoms with van der Waals surface area (Å²) in [5, 5.41) is 0. The Morgan fingerprint density at radius 3 is 2.52 bits per heavy atom. The monoisotopic (exact) mass is 370 g/mol. The van der Waals surface area contributed by atoms with Gasteiger partial charge in [-0.2, -0.15) is 0 Å². The fourth-order valence-corrected chi connectivity index (χ4v) is 3.72. The maximum atomic E-state index is 12.7. The van der Waals surface area contributed by atoms with Crippen molar-refractivity contribution in [3.05, 3.63) is 29.6 Å². The molecule has 0 radical (unpaired) electrons. The molecular weight excluding hydrogens is 344 g/mol. The lowest BCUT2D eigenvalue weighted by Gasteiger charge is -2.34. The largest absolute Gasteiger partial charge is 0.450 e. The van der Waals surface area contributed by atoms with Crippen LogP contribution < -0.4 is 0 Å². The quantitative estimate of drug-likeness (QED) is 0.828. The lowest BCUT2D eigenvalue weighted by atomic mass is 10.1. The second-order valence-corrected chi connectivity index (χ2v) is 7.37. The van der Waals surface area contributed by atoms with Gasteiger partial charge in [0.05, 0.1) is 24.1 Å². The van der Waals surface area contributed by atoms with Crippen molar-refractivity contribution in [1.29, 1.82) is 0 Å². The molecule has 0 spiro atoms. The van der Waals surface area contributed by atoms with Crippen LogP contribution in [0.2, 0.25) is 0 Å². The Bertz CT molecular complexity index is 863. The number of hydrogen-bond donors (Lipinski definition) is 0. The second-order valence-electron chi connectivity index (χ2n) is 7.37. The van der Waals surface area contributed by atoms with Crippen molar-refractivity contribution < 1.29 is 14.3 Å². The first kappa shape index (κ1) is 17.8. The van der Waals surface area contributed by atoms with Crippen LogP contribution in [0.25, 0.3) is 11.0 Å². The first-order chi connectivity index (χ1) is 13.1. The molecule has 144 valence electrons. The molecule has 2 fully saturated rings. The van der Waals surface area contributed by atoms with Crippen molar-refractivity contribution >= 4 is 23.0 Å². The van der Waals surface area contributed by atoms with Crippen molar-refractivity contribution in [3.8, 4) is 0 Å². The lowest BCUT2D eigenvalue weighted by molar-refractivity contribution is -0.132. The SMILES string of the molecule is CCOC(=O)N1CCN(C(=O)Cc2ccc3c(c2)nc(C2CC2)n3C)CC1. The van der Waals surface area contributed by atoms with Crippen LogP contribution in [0.1, 0.15) is 37.1 Å². The van der Waals surface area contributed by atoms with E-state index in [9.17, 15) is 9.59 Å². The molecule has 2 aliphatic rings. The number of rotatable bonds is 4. The predicted octanol–water partition coefficient (Wildman–Crippen LogP) is 2.29. The number of fused-ring (bicyclic) bond motifs is 1. The smallest absolute Gasteiger partial charge is 0.409 e. The van der Waals surface area contributed by atoms with Crippen LogP contribution in [0.5, 0.6) is 0 Å². The molecule has 0 bridgehead atoms. The number of nitrogens with zero attached hydrogens (tertiary/aromatic N) is 4. The van der Waals surface area contributed by atoms with Gasteiger partial charge < -0.3 is 19.1 Å². The van der Waals surface area contributed by atoms with Gasteiger partial charge in [-0.05, 0) is 37.5 Å². The number of aromatic nitrogens is 2. The maximum Gasteiger partial charge on any atom is 0.409 e. The minimum absolute atomic E-state index is 0.0937. The number of amides is 2. The number of ether oxygens (including phenoxy) is 1. The molecule has 1 aliphatic carbocycles. The Balaban J connectivity index is 1.39. The van der Waals surface area contributed by atoms with Gasteiger partial charge in [-0.15, -0.1) is 0 Å². The van der Waals surface area contributed by atoms with E-state index < -0.39 is 0 Å². The van der Waals surface area contributed by atoms with E-state index >= 15 is 0 Å². The molecule has 27 heavy (non-hydrogen) atoms. The van der Waals surface area contributed by atoms with Gasteiger partial charge in [0.25, 0.3) is 0 Å². The summed E-state index contributed by atoms with van der Waals surface area (Å²) in [6, 6.07) is 6.12. The zero-order valence-electron chi connectivity index (χ0n) is 16.0. The van der Waals surface area contributed by atoms with Crippen LogP contribution in [0.4, 0.5) is 4.79 Å². The molecule has 2 heterocycles. The molecule has 1 aliphatic heterocycles. The maximum absolute atomic E-state index is 12.7. The molecule has 7 heteroatoms. The standard InChI is InChI=1S/C20H26N4O3/c1-3-27-20(26)24-10-8-23(9-11-24)18(25)13-14-4-7-17-16(12-14)21-19(22(17)2)15-5-6-15/h4,7,12,15H,3,5-6,8-11,13H2,1-2H3. The summed E-state index contributed by atoms with van der Waals surface area (Å²) in [4.78, 5) is 32.7. The fourth-order valence-electron chi connectivity index (χ4n) is 3.72. The Hall–Kier alpha value is -2.57. The average molecular weight is 370 g/mol. The highest BCUT2D eigenvalue weighted by Gasteiger charge is 2.29. The minimum atomic E-state index is -0.295. The zero-order valence-corrected chi connectivity index (χ0v) is 16.0. The van der Waals surface area contributed by atoms with Crippen molar-refractivity contribution in [3.63, 3.8) is 0 Å². The molecule has 4 rings (SSSR count). The summed E-state index contributed by atoms with van der Waals surface area (Å²) in [5.41, 5.74) is 3.08. The zero-order chi connectivity index (χ0) is 19.0. The highest BCUT2D eigenvalue weighted by Crippen LogP contribution is 2.40. The van der Waals surface area contributed by atoms with E-state index in [1.807, 2.05) is 17.0 Å². The Labute approximate surface area is 158 Å². The van der Waals surface area contributed by atoms with Crippen molar-refractivity contribution in [1.82, 2.24) is 19.4 Å². The van der Waals surface area contributed by atoms with Gasteiger partial charge in [-0.1, -0.05) is 6.07 Å². The van der Waals surface area contributed by atoms with Crippen LogP contribution >= 0.6 is 0 Å². The van der Waals surface area contributed by atoms with Gasteiger partial charge in [-0.25, -0.2) is 9.78 Å². The molecule has 1 aromatic carbocycles. The Morgan fingerprint density at radius 2 is 1.85 bits per heavy atom. The van der Waals surface area contributed by atoms with Crippen LogP contribution in [0.15, 0.2) is 18.2 Å². The summed E-state index contributed by atoms with van der Waals surface area (Å²) < 4.78 is 7.19. The molecular formula is C20H26N4O3. The highest BCUT2D eigenvalue weighted by molar-refractivity contribution is 5.82. The predicted molar refractivity (Wildman–Crippen MR) is 102 cm³/mol. The first-order valence-electron chi connectivity index (χ1n) is 9.71. The number of hydrogen-bond acceptors (Lipinski definition) is 4. The molecule has 1 saturated carbocycles. The number of imidazole rings is 1. The topological polar surface area (TPSA) is 67.7 Å². The normalized spacial score (nSPS) is 17.4. The van der Waals surface area contributed by atoms with Gasteiger partial charge in [0.2, 0.25) is 5.91 Å². The number of benzene rings is 1. The number of aryl methyl sites for hydroxylation is 1. The molecule has 2 amide bonds. The highest BCUT2D eigenvalue weighted by atomic mass is 16.6. The van der Waals surface area contributed by atoms with E-state index in [0.717, 1.165) is 22.4 Å². The average Bonchev–Trinajstić information content (AvgIpc) is 3.46. The molecule has 0 atom stereocenters. The molecule has 1 aromatic heterocycles. The van der Waals surface area contributed by atoms with Gasteiger partial charge in [0.15, 0.2) is 0 Å². The third-order valence-corrected chi connectivity index (χ3v) is 5.44. The molecule has 0 unspecified atom stereocenters. The van der Waals surface area contributed by atoms with Crippen LogP contribution in [0, 0.1) is 0 Å². The summed E-state index contributed by atoms with van der Waals surface area (Å²) in [6.07, 6.45) is 2.52. The van der Waals surface area contributed by atoms with E-state index in [1.54, 1.807) is 11.8 Å². The third kappa shape index (κ3) is 3.63. The fraction of sp³-hybridized carbons (Fsp3) is 0.550.